The number of carbonyl (C=O) groups is 1. The number of ether oxygens (including phenoxy) is 2. The van der Waals surface area contributed by atoms with E-state index in [-0.39, 0.29) is 12.7 Å². The van der Waals surface area contributed by atoms with Crippen LogP contribution in [0.4, 0.5) is 0 Å². The minimum atomic E-state index is -0.101. The maximum atomic E-state index is 11.8. The zero-order valence-electron chi connectivity index (χ0n) is 9.29. The van der Waals surface area contributed by atoms with E-state index in [1.807, 2.05) is 0 Å². The van der Waals surface area contributed by atoms with E-state index in [0.29, 0.717) is 23.6 Å². The molecule has 86 valence electrons. The number of fused-ring (bicyclic) bond motifs is 1. The van der Waals surface area contributed by atoms with E-state index < -0.39 is 0 Å². The Hall–Kier alpha value is -1.71. The van der Waals surface area contributed by atoms with Crippen LogP contribution in [0.5, 0.6) is 11.5 Å². The van der Waals surface area contributed by atoms with Gasteiger partial charge >= 0.3 is 0 Å². The number of carbonyl (C=O) groups excluding carboxylic acids is 1. The van der Waals surface area contributed by atoms with Crippen molar-refractivity contribution < 1.29 is 14.3 Å². The molecule has 0 radical (unpaired) electrons. The monoisotopic (exact) mass is 221 g/mol. The van der Waals surface area contributed by atoms with Gasteiger partial charge in [-0.15, -0.1) is 0 Å². The van der Waals surface area contributed by atoms with Gasteiger partial charge in [-0.05, 0) is 18.6 Å². The third-order valence-electron chi connectivity index (χ3n) is 2.46. The molecule has 1 heterocycles. The van der Waals surface area contributed by atoms with Gasteiger partial charge in [0.1, 0.15) is 0 Å². The van der Waals surface area contributed by atoms with Crippen LogP contribution in [0.3, 0.4) is 0 Å². The van der Waals surface area contributed by atoms with Gasteiger partial charge in [0.15, 0.2) is 11.5 Å². The van der Waals surface area contributed by atoms with Crippen molar-refractivity contribution >= 4 is 5.91 Å². The molecule has 2 rings (SSSR count). The maximum absolute atomic E-state index is 11.8. The molecule has 1 aliphatic rings. The van der Waals surface area contributed by atoms with Crippen molar-refractivity contribution in [3.63, 3.8) is 0 Å². The molecule has 4 heteroatoms. The Morgan fingerprint density at radius 3 is 3.12 bits per heavy atom. The number of rotatable bonds is 4. The van der Waals surface area contributed by atoms with Gasteiger partial charge in [0, 0.05) is 6.54 Å². The lowest BCUT2D eigenvalue weighted by Crippen LogP contribution is -2.24. The van der Waals surface area contributed by atoms with Crippen LogP contribution in [-0.4, -0.2) is 19.2 Å². The zero-order valence-corrected chi connectivity index (χ0v) is 9.29. The molecule has 0 atom stereocenters. The first-order chi connectivity index (χ1) is 7.83. The van der Waals surface area contributed by atoms with Crippen LogP contribution in [0, 0.1) is 0 Å². The topological polar surface area (TPSA) is 47.6 Å². The van der Waals surface area contributed by atoms with E-state index in [1.165, 1.54) is 0 Å². The van der Waals surface area contributed by atoms with Crippen LogP contribution in [0.15, 0.2) is 18.2 Å². The standard InChI is InChI=1S/C12H15NO3/c1-2-3-7-13-12(14)9-5-4-6-10-11(9)16-8-15-10/h4-6H,2-3,7-8H2,1H3,(H,13,14). The lowest BCUT2D eigenvalue weighted by Gasteiger charge is -2.06. The van der Waals surface area contributed by atoms with Crippen LogP contribution < -0.4 is 14.8 Å². The smallest absolute Gasteiger partial charge is 0.255 e. The van der Waals surface area contributed by atoms with E-state index in [2.05, 4.69) is 12.2 Å². The second-order valence-corrected chi connectivity index (χ2v) is 3.65. The predicted molar refractivity (Wildman–Crippen MR) is 59.8 cm³/mol. The number of hydrogen-bond donors (Lipinski definition) is 1. The molecule has 16 heavy (non-hydrogen) atoms. The van der Waals surface area contributed by atoms with Crippen LogP contribution in [0.1, 0.15) is 30.1 Å². The highest BCUT2D eigenvalue weighted by molar-refractivity contribution is 5.97. The second kappa shape index (κ2) is 4.88. The van der Waals surface area contributed by atoms with Crippen molar-refractivity contribution in [2.45, 2.75) is 19.8 Å². The SMILES string of the molecule is CCCCNC(=O)c1cccc2c1OCO2. The molecule has 1 aromatic carbocycles. The summed E-state index contributed by atoms with van der Waals surface area (Å²) in [6.07, 6.45) is 2.05. The van der Waals surface area contributed by atoms with Crippen molar-refractivity contribution in [3.8, 4) is 11.5 Å². The third kappa shape index (κ3) is 2.10. The van der Waals surface area contributed by atoms with Crippen molar-refractivity contribution in [2.24, 2.45) is 0 Å². The highest BCUT2D eigenvalue weighted by Gasteiger charge is 2.21. The summed E-state index contributed by atoms with van der Waals surface area (Å²) in [7, 11) is 0. The summed E-state index contributed by atoms with van der Waals surface area (Å²) in [6.45, 7) is 2.97. The minimum Gasteiger partial charge on any atom is -0.454 e. The molecule has 0 spiro atoms. The van der Waals surface area contributed by atoms with E-state index >= 15 is 0 Å². The molecule has 0 fully saturated rings. The molecule has 1 amide bonds. The molecule has 0 bridgehead atoms. The van der Waals surface area contributed by atoms with Gasteiger partial charge in [0.05, 0.1) is 5.56 Å². The minimum absolute atomic E-state index is 0.101. The lowest BCUT2D eigenvalue weighted by atomic mass is 10.1. The number of amides is 1. The van der Waals surface area contributed by atoms with Gasteiger partial charge in [-0.3, -0.25) is 4.79 Å². The molecule has 1 aromatic rings. The molecule has 1 aliphatic heterocycles. The van der Waals surface area contributed by atoms with Gasteiger partial charge in [0.25, 0.3) is 5.91 Å². The Bertz CT molecular complexity index is 390. The first-order valence-corrected chi connectivity index (χ1v) is 5.49. The van der Waals surface area contributed by atoms with Crippen molar-refractivity contribution in [3.05, 3.63) is 23.8 Å². The lowest BCUT2D eigenvalue weighted by molar-refractivity contribution is 0.0948. The Balaban J connectivity index is 2.09. The number of benzene rings is 1. The summed E-state index contributed by atoms with van der Waals surface area (Å²) in [5.74, 6) is 1.09. The Labute approximate surface area is 94.6 Å². The second-order valence-electron chi connectivity index (χ2n) is 3.65. The molecule has 0 aromatic heterocycles. The van der Waals surface area contributed by atoms with Gasteiger partial charge in [0.2, 0.25) is 6.79 Å². The van der Waals surface area contributed by atoms with E-state index in [9.17, 15) is 4.79 Å². The molecular formula is C12H15NO3. The average molecular weight is 221 g/mol. The van der Waals surface area contributed by atoms with Crippen molar-refractivity contribution in [1.29, 1.82) is 0 Å². The van der Waals surface area contributed by atoms with Gasteiger partial charge < -0.3 is 14.8 Å². The highest BCUT2D eigenvalue weighted by atomic mass is 16.7. The zero-order chi connectivity index (χ0) is 11.4. The maximum Gasteiger partial charge on any atom is 0.255 e. The average Bonchev–Trinajstić information content (AvgIpc) is 2.76. The normalized spacial score (nSPS) is 12.6. The molecule has 0 saturated carbocycles. The highest BCUT2D eigenvalue weighted by Crippen LogP contribution is 2.35. The summed E-state index contributed by atoms with van der Waals surface area (Å²) in [4.78, 5) is 11.8. The number of para-hydroxylation sites is 1. The summed E-state index contributed by atoms with van der Waals surface area (Å²) in [6, 6.07) is 5.34. The molecule has 4 nitrogen and oxygen atoms in total. The van der Waals surface area contributed by atoms with Gasteiger partial charge in [-0.25, -0.2) is 0 Å². The number of unbranched alkanes of at least 4 members (excludes halogenated alkanes) is 1. The Morgan fingerprint density at radius 2 is 2.31 bits per heavy atom. The molecule has 0 saturated heterocycles. The summed E-state index contributed by atoms with van der Waals surface area (Å²) in [5.41, 5.74) is 0.547. The van der Waals surface area contributed by atoms with Gasteiger partial charge in [-0.2, -0.15) is 0 Å². The molecular weight excluding hydrogens is 206 g/mol. The van der Waals surface area contributed by atoms with Crippen LogP contribution in [0.25, 0.3) is 0 Å². The largest absolute Gasteiger partial charge is 0.454 e. The first-order valence-electron chi connectivity index (χ1n) is 5.49. The molecule has 0 aliphatic carbocycles. The van der Waals surface area contributed by atoms with Crippen LogP contribution in [0.2, 0.25) is 0 Å². The van der Waals surface area contributed by atoms with Gasteiger partial charge in [-0.1, -0.05) is 19.4 Å². The fourth-order valence-corrected chi connectivity index (χ4v) is 1.58. The fraction of sp³-hybridized carbons (Fsp3) is 0.417. The van der Waals surface area contributed by atoms with E-state index in [0.717, 1.165) is 12.8 Å². The van der Waals surface area contributed by atoms with Crippen molar-refractivity contribution in [2.75, 3.05) is 13.3 Å². The summed E-state index contributed by atoms with van der Waals surface area (Å²) < 4.78 is 10.5. The summed E-state index contributed by atoms with van der Waals surface area (Å²) in [5, 5.41) is 2.86. The number of nitrogens with one attached hydrogen (secondary N) is 1. The molecule has 0 unspecified atom stereocenters. The fourth-order valence-electron chi connectivity index (χ4n) is 1.58. The first kappa shape index (κ1) is 10.8. The Morgan fingerprint density at radius 1 is 1.44 bits per heavy atom. The van der Waals surface area contributed by atoms with E-state index in [4.69, 9.17) is 9.47 Å². The van der Waals surface area contributed by atoms with Crippen LogP contribution >= 0.6 is 0 Å². The quantitative estimate of drug-likeness (QED) is 0.790. The third-order valence-corrected chi connectivity index (χ3v) is 2.46. The predicted octanol–water partition coefficient (Wildman–Crippen LogP) is 1.95. The summed E-state index contributed by atoms with van der Waals surface area (Å²) >= 11 is 0. The van der Waals surface area contributed by atoms with Crippen LogP contribution in [-0.2, 0) is 0 Å². The Kier molecular flexibility index (Phi) is 3.29. The molecule has 1 N–H and O–H groups in total. The van der Waals surface area contributed by atoms with E-state index in [1.54, 1.807) is 18.2 Å². The number of hydrogen-bond acceptors (Lipinski definition) is 3. The van der Waals surface area contributed by atoms with Crippen molar-refractivity contribution in [1.82, 2.24) is 5.32 Å².